The van der Waals surface area contributed by atoms with Gasteiger partial charge in [0.25, 0.3) is 0 Å². The Morgan fingerprint density at radius 2 is 1.25 bits per heavy atom. The molecule has 4 heteroatoms. The molecule has 0 aliphatic heterocycles. The summed E-state index contributed by atoms with van der Waals surface area (Å²) in [4.78, 5) is 0. The maximum atomic E-state index is 7.83. The Morgan fingerprint density at radius 1 is 1.25 bits per heavy atom. The van der Waals surface area contributed by atoms with Crippen molar-refractivity contribution in [2.75, 3.05) is 0 Å². The molecule has 0 rings (SSSR count). The molecule has 0 spiro atoms. The van der Waals surface area contributed by atoms with Crippen molar-refractivity contribution in [3.05, 3.63) is 0 Å². The second kappa shape index (κ2) is 34.5. The minimum absolute atomic E-state index is 0. The third-order valence-electron chi connectivity index (χ3n) is 0. The third-order valence-corrected chi connectivity index (χ3v) is 0. The lowest BCUT2D eigenvalue weighted by atomic mass is 16.0. The molecule has 0 aromatic carbocycles. The first-order valence-corrected chi connectivity index (χ1v) is 0.500. The van der Waals surface area contributed by atoms with Gasteiger partial charge in [0.15, 0.2) is 12.5 Å². The highest BCUT2D eigenvalue weighted by atomic mass is 127. The summed E-state index contributed by atoms with van der Waals surface area (Å²) in [5, 5.41) is 0. The number of hydrogen-bond donors (Lipinski definition) is 0. The van der Waals surface area contributed by atoms with E-state index < -0.39 is 0 Å². The molecule has 0 aromatic rings. The standard InChI is InChI=1S/ClH.H2I.OS/c;;1-2/h1H;1H2;/q;+1;/p-1. The molecule has 0 radical (unpaired) electrons. The molecule has 0 atom stereocenters. The summed E-state index contributed by atoms with van der Waals surface area (Å²) in [5.74, 6) is 0. The van der Waals surface area contributed by atoms with E-state index in [0.717, 1.165) is 0 Å². The van der Waals surface area contributed by atoms with Crippen molar-refractivity contribution in [3.8, 4) is 0 Å². The van der Waals surface area contributed by atoms with Crippen molar-refractivity contribution in [2.45, 2.75) is 0 Å². The van der Waals surface area contributed by atoms with Crippen molar-refractivity contribution in [1.29, 1.82) is 0 Å². The molecule has 0 saturated heterocycles. The van der Waals surface area contributed by atoms with Crippen LogP contribution in [0, 0.1) is 0 Å². The van der Waals surface area contributed by atoms with E-state index in [-0.39, 0.29) is 36.4 Å². The summed E-state index contributed by atoms with van der Waals surface area (Å²) in [6.07, 6.45) is 0. The predicted molar refractivity (Wildman–Crippen MR) is 10.9 cm³/mol. The van der Waals surface area contributed by atoms with Crippen LogP contribution in [-0.2, 0) is 12.5 Å². The van der Waals surface area contributed by atoms with Crippen LogP contribution in [0.2, 0.25) is 0 Å². The smallest absolute Gasteiger partial charge is 0.235 e. The molecule has 0 fully saturated rings. The van der Waals surface area contributed by atoms with Gasteiger partial charge in [-0.3, -0.25) is 0 Å². The van der Waals surface area contributed by atoms with Crippen LogP contribution in [0.15, 0.2) is 0 Å². The average Bonchev–Trinajstić information content (AvgIpc) is 1.00. The fourth-order valence-electron chi connectivity index (χ4n) is 0. The van der Waals surface area contributed by atoms with Gasteiger partial charge in [0.2, 0.25) is 24.0 Å². The number of hydrogen-bond acceptors (Lipinski definition) is 2. The minimum atomic E-state index is 0. The quantitative estimate of drug-likeness (QED) is 0.371. The minimum Gasteiger partial charge on any atom is -1.00 e. The van der Waals surface area contributed by atoms with Gasteiger partial charge in [-0.2, -0.15) is 4.21 Å². The van der Waals surface area contributed by atoms with E-state index in [1.807, 2.05) is 0 Å². The molecule has 0 unspecified atom stereocenters. The first-order chi connectivity index (χ1) is 1.00. The molecule has 0 bridgehead atoms. The monoisotopic (exact) mass is 212 g/mol. The molecule has 0 aromatic heterocycles. The molecule has 4 heavy (non-hydrogen) atoms. The van der Waals surface area contributed by atoms with Gasteiger partial charge in [-0.05, 0) is 0 Å². The van der Waals surface area contributed by atoms with Crippen molar-refractivity contribution in [1.82, 2.24) is 0 Å². The van der Waals surface area contributed by atoms with Crippen LogP contribution in [0.3, 0.4) is 0 Å². The van der Waals surface area contributed by atoms with E-state index in [0.29, 0.717) is 0 Å². The lowest BCUT2D eigenvalue weighted by Crippen LogP contribution is -3.00. The summed E-state index contributed by atoms with van der Waals surface area (Å²) in [6, 6.07) is 0. The van der Waals surface area contributed by atoms with Crippen LogP contribution in [-0.4, -0.2) is 4.21 Å². The Hall–Kier alpha value is 1.04. The van der Waals surface area contributed by atoms with Gasteiger partial charge >= 0.3 is 0 Å². The second-order valence-electron chi connectivity index (χ2n) is 0. The highest BCUT2D eigenvalue weighted by Crippen LogP contribution is 0.558. The zero-order valence-corrected chi connectivity index (χ0v) is 5.77. The van der Waals surface area contributed by atoms with Crippen LogP contribution >= 0.6 is 0 Å². The van der Waals surface area contributed by atoms with Crippen LogP contribution in [0.1, 0.15) is 0 Å². The lowest BCUT2D eigenvalue weighted by Gasteiger charge is -1.00. The molecular weight excluding hydrogens is 210 g/mol. The average molecular weight is 212 g/mol. The lowest BCUT2D eigenvalue weighted by molar-refractivity contribution is -0.00100. The first kappa shape index (κ1) is 19.8. The van der Waals surface area contributed by atoms with Gasteiger partial charge in [-0.25, -0.2) is 0 Å². The van der Waals surface area contributed by atoms with Crippen LogP contribution in [0.5, 0.6) is 0 Å². The van der Waals surface area contributed by atoms with Gasteiger partial charge in [-0.1, -0.05) is 0 Å². The summed E-state index contributed by atoms with van der Waals surface area (Å²) in [7, 11) is 0. The Bertz CT molecular complexity index is 8.00. The van der Waals surface area contributed by atoms with Gasteiger partial charge in [0.05, 0.1) is 0 Å². The van der Waals surface area contributed by atoms with Crippen molar-refractivity contribution in [3.63, 3.8) is 0 Å². The van der Waals surface area contributed by atoms with E-state index in [1.54, 1.807) is 0 Å². The summed E-state index contributed by atoms with van der Waals surface area (Å²) in [5.41, 5.74) is 0. The third kappa shape index (κ3) is 11.7. The van der Waals surface area contributed by atoms with E-state index in [1.165, 1.54) is 0 Å². The topological polar surface area (TPSA) is 17.1 Å². The number of halogens is 2. The fraction of sp³-hybridized carbons (Fsp3) is 0. The highest BCUT2D eigenvalue weighted by molar-refractivity contribution is 7.44. The Morgan fingerprint density at radius 3 is 1.25 bits per heavy atom. The van der Waals surface area contributed by atoms with Crippen molar-refractivity contribution < 1.29 is 40.6 Å². The van der Waals surface area contributed by atoms with Crippen LogP contribution in [0.4, 0.5) is 0 Å². The molecule has 0 aliphatic rings. The normalized spacial score (nSPS) is 1.00. The van der Waals surface area contributed by atoms with E-state index in [4.69, 9.17) is 4.21 Å². The molecule has 28 valence electrons. The van der Waals surface area contributed by atoms with Crippen LogP contribution < -0.4 is 36.4 Å². The molecule has 0 heterocycles. The largest absolute Gasteiger partial charge is 1.00 e. The Balaban J connectivity index is -0.00000000500. The molecule has 0 aliphatic carbocycles. The summed E-state index contributed by atoms with van der Waals surface area (Å²) < 4.78 is 7.83. The SMILES string of the molecule is O=S.[Cl-].[IH2+]. The molecule has 0 N–H and O–H groups in total. The second-order valence-corrected chi connectivity index (χ2v) is 0. The van der Waals surface area contributed by atoms with E-state index in [2.05, 4.69) is 12.5 Å². The molecule has 0 saturated carbocycles. The van der Waals surface area contributed by atoms with Gasteiger partial charge in [0, 0.05) is 0 Å². The maximum Gasteiger partial charge on any atom is 0.235 e. The zero-order valence-electron chi connectivity index (χ0n) is 1.64. The van der Waals surface area contributed by atoms with E-state index >= 15 is 0 Å². The van der Waals surface area contributed by atoms with Gasteiger partial charge < -0.3 is 12.4 Å². The van der Waals surface area contributed by atoms with Crippen LogP contribution in [0.25, 0.3) is 0 Å². The van der Waals surface area contributed by atoms with Gasteiger partial charge in [-0.15, -0.1) is 0 Å². The molecule has 0 amide bonds. The maximum absolute atomic E-state index is 7.83. The predicted octanol–water partition coefficient (Wildman–Crippen LogP) is -6.86. The highest BCUT2D eigenvalue weighted by Gasteiger charge is 0.734. The molecular formula is H2ClIOS. The zero-order chi connectivity index (χ0) is 2.00. The van der Waals surface area contributed by atoms with Crippen molar-refractivity contribution in [2.24, 2.45) is 0 Å². The number of rotatable bonds is 0. The first-order valence-electron chi connectivity index (χ1n) is 0.167. The molecule has 1 nitrogen and oxygen atoms in total. The summed E-state index contributed by atoms with van der Waals surface area (Å²) in [6.45, 7) is 0. The Labute approximate surface area is 53.1 Å². The van der Waals surface area contributed by atoms with Gasteiger partial charge in [0.1, 0.15) is 0 Å². The van der Waals surface area contributed by atoms with E-state index in [9.17, 15) is 0 Å². The Kier molecular flexibility index (Phi) is 171. The summed E-state index contributed by atoms with van der Waals surface area (Å²) >= 11 is 2.83. The van der Waals surface area contributed by atoms with Crippen molar-refractivity contribution >= 4 is 12.5 Å². The fourth-order valence-corrected chi connectivity index (χ4v) is 0.